The fourth-order valence-corrected chi connectivity index (χ4v) is 3.83. The number of halogens is 5. The Morgan fingerprint density at radius 2 is 1.76 bits per heavy atom. The van der Waals surface area contributed by atoms with Crippen LogP contribution in [0.5, 0.6) is 11.6 Å². The Bertz CT molecular complexity index is 1400. The minimum atomic E-state index is -4.93. The second-order valence-corrected chi connectivity index (χ2v) is 9.62. The lowest BCUT2D eigenvalue weighted by atomic mass is 10.1. The van der Waals surface area contributed by atoms with Gasteiger partial charge in [0.15, 0.2) is 15.5 Å². The largest absolute Gasteiger partial charge is 0.437 e. The van der Waals surface area contributed by atoms with Gasteiger partial charge in [0, 0.05) is 17.5 Å². The van der Waals surface area contributed by atoms with Crippen molar-refractivity contribution in [2.24, 2.45) is 0 Å². The molecular formula is C21H16ClF4N3O4S. The van der Waals surface area contributed by atoms with E-state index < -0.39 is 50.4 Å². The maximum Gasteiger partial charge on any atom is 0.435 e. The molecule has 1 amide bonds. The van der Waals surface area contributed by atoms with Gasteiger partial charge in [-0.3, -0.25) is 4.79 Å². The molecule has 7 nitrogen and oxygen atoms in total. The van der Waals surface area contributed by atoms with Gasteiger partial charge < -0.3 is 10.1 Å². The van der Waals surface area contributed by atoms with Crippen LogP contribution in [0.25, 0.3) is 0 Å². The molecule has 180 valence electrons. The molecule has 0 fully saturated rings. The highest BCUT2D eigenvalue weighted by Gasteiger charge is 2.38. The average Bonchev–Trinajstić information content (AvgIpc) is 2.73. The molecule has 34 heavy (non-hydrogen) atoms. The number of carbonyl (C=O) groups excluding carboxylic acids is 1. The number of hydrogen-bond donors (Lipinski definition) is 1. The predicted molar refractivity (Wildman–Crippen MR) is 115 cm³/mol. The van der Waals surface area contributed by atoms with E-state index in [1.807, 2.05) is 0 Å². The third-order valence-corrected chi connectivity index (χ3v) is 6.10. The van der Waals surface area contributed by atoms with Crippen LogP contribution >= 0.6 is 11.6 Å². The van der Waals surface area contributed by atoms with Gasteiger partial charge in [0.25, 0.3) is 11.8 Å². The van der Waals surface area contributed by atoms with Crippen molar-refractivity contribution in [3.05, 3.63) is 69.6 Å². The van der Waals surface area contributed by atoms with Crippen LogP contribution < -0.4 is 10.1 Å². The molecule has 1 aromatic heterocycles. The van der Waals surface area contributed by atoms with Crippen molar-refractivity contribution in [2.75, 3.05) is 11.6 Å². The third-order valence-electron chi connectivity index (χ3n) is 4.70. The fraction of sp³-hybridized carbons (Fsp3) is 0.190. The number of amides is 1. The zero-order chi connectivity index (χ0) is 25.4. The first kappa shape index (κ1) is 25.4. The number of anilines is 1. The molecule has 2 aromatic carbocycles. The molecule has 0 spiro atoms. The predicted octanol–water partition coefficient (Wildman–Crippen LogP) is 5.35. The summed E-state index contributed by atoms with van der Waals surface area (Å²) in [6.45, 7) is 2.32. The zero-order valence-electron chi connectivity index (χ0n) is 17.8. The summed E-state index contributed by atoms with van der Waals surface area (Å²) in [5, 5.41) is 8.67. The minimum Gasteiger partial charge on any atom is -0.437 e. The molecule has 0 radical (unpaired) electrons. The molecular weight excluding hydrogens is 502 g/mol. The molecule has 0 aliphatic rings. The van der Waals surface area contributed by atoms with Gasteiger partial charge in [-0.05, 0) is 49.7 Å². The second-order valence-electron chi connectivity index (χ2n) is 7.19. The lowest BCUT2D eigenvalue weighted by molar-refractivity contribution is -0.142. The van der Waals surface area contributed by atoms with Crippen molar-refractivity contribution >= 4 is 33.0 Å². The highest BCUT2D eigenvalue weighted by Crippen LogP contribution is 2.36. The topological polar surface area (TPSA) is 98.2 Å². The van der Waals surface area contributed by atoms with Gasteiger partial charge in [0.05, 0.1) is 9.92 Å². The molecule has 0 aliphatic heterocycles. The molecule has 0 unspecified atom stereocenters. The number of nitrogens with one attached hydrogen (secondary N) is 1. The summed E-state index contributed by atoms with van der Waals surface area (Å²) in [5.74, 6) is -2.67. The molecule has 0 atom stereocenters. The van der Waals surface area contributed by atoms with Gasteiger partial charge in [0.2, 0.25) is 0 Å². The van der Waals surface area contributed by atoms with Crippen LogP contribution in [0, 0.1) is 19.7 Å². The SMILES string of the molecule is Cc1c(Oc2nnc(C(F)(F)F)c(C)c2C(=O)Nc2cccc(S(C)(=O)=O)c2)ccc(Cl)c1F. The van der Waals surface area contributed by atoms with E-state index in [1.165, 1.54) is 37.3 Å². The summed E-state index contributed by atoms with van der Waals surface area (Å²) in [5.41, 5.74) is -2.71. The lowest BCUT2D eigenvalue weighted by Crippen LogP contribution is -2.21. The quantitative estimate of drug-likeness (QED) is 0.458. The summed E-state index contributed by atoms with van der Waals surface area (Å²) in [6.07, 6.45) is -3.97. The van der Waals surface area contributed by atoms with E-state index >= 15 is 0 Å². The van der Waals surface area contributed by atoms with Crippen LogP contribution in [0.4, 0.5) is 23.2 Å². The van der Waals surface area contributed by atoms with E-state index in [0.717, 1.165) is 19.2 Å². The molecule has 3 rings (SSSR count). The maximum absolute atomic E-state index is 14.1. The second kappa shape index (κ2) is 9.18. The number of hydrogen-bond acceptors (Lipinski definition) is 6. The van der Waals surface area contributed by atoms with Crippen LogP contribution in [0.15, 0.2) is 41.3 Å². The van der Waals surface area contributed by atoms with E-state index in [0.29, 0.717) is 0 Å². The summed E-state index contributed by atoms with van der Waals surface area (Å²) in [7, 11) is -3.61. The van der Waals surface area contributed by atoms with E-state index in [4.69, 9.17) is 16.3 Å². The van der Waals surface area contributed by atoms with Crippen LogP contribution in [0.2, 0.25) is 5.02 Å². The number of aromatic nitrogens is 2. The number of benzene rings is 2. The Morgan fingerprint density at radius 3 is 2.38 bits per heavy atom. The first-order chi connectivity index (χ1) is 15.7. The summed E-state index contributed by atoms with van der Waals surface area (Å²) >= 11 is 5.71. The molecule has 1 N–H and O–H groups in total. The maximum atomic E-state index is 14.1. The number of alkyl halides is 3. The number of nitrogens with zero attached hydrogens (tertiary/aromatic N) is 2. The van der Waals surface area contributed by atoms with Crippen LogP contribution in [-0.4, -0.2) is 30.8 Å². The number of sulfone groups is 1. The van der Waals surface area contributed by atoms with Crippen molar-refractivity contribution < 1.29 is 35.5 Å². The van der Waals surface area contributed by atoms with Crippen molar-refractivity contribution in [3.63, 3.8) is 0 Å². The average molecular weight is 518 g/mol. The van der Waals surface area contributed by atoms with Crippen LogP contribution in [-0.2, 0) is 16.0 Å². The van der Waals surface area contributed by atoms with Crippen LogP contribution in [0.3, 0.4) is 0 Å². The Balaban J connectivity index is 2.10. The van der Waals surface area contributed by atoms with Gasteiger partial charge in [0.1, 0.15) is 17.1 Å². The molecule has 1 heterocycles. The van der Waals surface area contributed by atoms with Crippen LogP contribution in [0.1, 0.15) is 27.2 Å². The fourth-order valence-electron chi connectivity index (χ4n) is 2.95. The molecule has 0 saturated carbocycles. The van der Waals surface area contributed by atoms with Crippen molar-refractivity contribution in [3.8, 4) is 11.6 Å². The third kappa shape index (κ3) is 5.28. The Kier molecular flexibility index (Phi) is 6.85. The number of rotatable bonds is 5. The molecule has 13 heteroatoms. The lowest BCUT2D eigenvalue weighted by Gasteiger charge is -2.17. The first-order valence-corrected chi connectivity index (χ1v) is 11.7. The van der Waals surface area contributed by atoms with E-state index in [-0.39, 0.29) is 26.9 Å². The van der Waals surface area contributed by atoms with Crippen molar-refractivity contribution in [1.29, 1.82) is 0 Å². The molecule has 0 bridgehead atoms. The zero-order valence-corrected chi connectivity index (χ0v) is 19.4. The Hall–Kier alpha value is -3.25. The van der Waals surface area contributed by atoms with E-state index in [1.54, 1.807) is 0 Å². The van der Waals surface area contributed by atoms with E-state index in [9.17, 15) is 30.8 Å². The summed E-state index contributed by atoms with van der Waals surface area (Å²) < 4.78 is 83.4. The first-order valence-electron chi connectivity index (χ1n) is 9.38. The summed E-state index contributed by atoms with van der Waals surface area (Å²) in [4.78, 5) is 12.9. The standard InChI is InChI=1S/C21H16ClF4N3O4S/c1-10-15(8-7-14(22)17(10)23)33-20-16(11(2)18(28-29-20)21(24,25)26)19(30)27-12-5-4-6-13(9-12)34(3,31)32/h4-9H,1-3H3,(H,27,30). The summed E-state index contributed by atoms with van der Waals surface area (Å²) in [6, 6.07) is 7.55. The number of ether oxygens (including phenoxy) is 1. The van der Waals surface area contributed by atoms with Gasteiger partial charge >= 0.3 is 6.18 Å². The van der Waals surface area contributed by atoms with E-state index in [2.05, 4.69) is 15.5 Å². The monoisotopic (exact) mass is 517 g/mol. The van der Waals surface area contributed by atoms with Gasteiger partial charge in [-0.1, -0.05) is 17.7 Å². The minimum absolute atomic E-state index is 0.00244. The van der Waals surface area contributed by atoms with Crippen molar-refractivity contribution in [1.82, 2.24) is 10.2 Å². The highest BCUT2D eigenvalue weighted by atomic mass is 35.5. The molecule has 0 aliphatic carbocycles. The Morgan fingerprint density at radius 1 is 1.09 bits per heavy atom. The van der Waals surface area contributed by atoms with Gasteiger partial charge in [-0.25, -0.2) is 12.8 Å². The van der Waals surface area contributed by atoms with Gasteiger partial charge in [-0.2, -0.15) is 13.2 Å². The molecule has 3 aromatic rings. The Labute approximate surface area is 196 Å². The number of carbonyl (C=O) groups is 1. The highest BCUT2D eigenvalue weighted by molar-refractivity contribution is 7.90. The van der Waals surface area contributed by atoms with Crippen molar-refractivity contribution in [2.45, 2.75) is 24.9 Å². The normalized spacial score (nSPS) is 11.9. The van der Waals surface area contributed by atoms with Gasteiger partial charge in [-0.15, -0.1) is 10.2 Å². The molecule has 0 saturated heterocycles. The smallest absolute Gasteiger partial charge is 0.435 e.